The fourth-order valence-corrected chi connectivity index (χ4v) is 3.12. The smallest absolute Gasteiger partial charge is 0.169 e. The molecule has 2 aliphatic rings. The van der Waals surface area contributed by atoms with Crippen molar-refractivity contribution in [3.05, 3.63) is 0 Å². The minimum Gasteiger partial charge on any atom is -0.347 e. The van der Waals surface area contributed by atoms with Crippen LogP contribution < -0.4 is 0 Å². The van der Waals surface area contributed by atoms with Crippen molar-refractivity contribution >= 4 is 0 Å². The van der Waals surface area contributed by atoms with Gasteiger partial charge in [-0.2, -0.15) is 5.26 Å². The van der Waals surface area contributed by atoms with Crippen molar-refractivity contribution in [2.75, 3.05) is 13.2 Å². The van der Waals surface area contributed by atoms with Gasteiger partial charge < -0.3 is 9.47 Å². The number of rotatable bonds is 0. The summed E-state index contributed by atoms with van der Waals surface area (Å²) < 4.78 is 11.7. The highest BCUT2D eigenvalue weighted by atomic mass is 16.7. The van der Waals surface area contributed by atoms with Crippen LogP contribution in [0.25, 0.3) is 0 Å². The first-order valence-electron chi connectivity index (χ1n) is 7.52. The zero-order chi connectivity index (χ0) is 12.7. The summed E-state index contributed by atoms with van der Waals surface area (Å²) in [5, 5.41) is 9.28. The molecule has 3 nitrogen and oxygen atoms in total. The first kappa shape index (κ1) is 13.8. The Kier molecular flexibility index (Phi) is 5.46. The molecule has 102 valence electrons. The molecule has 0 aromatic carbocycles. The average Bonchev–Trinajstić information content (AvgIpc) is 2.82. The summed E-state index contributed by atoms with van der Waals surface area (Å²) in [5.41, 5.74) is 0. The van der Waals surface area contributed by atoms with Gasteiger partial charge in [0.1, 0.15) is 0 Å². The number of hydrogen-bond donors (Lipinski definition) is 0. The Morgan fingerprint density at radius 3 is 2.17 bits per heavy atom. The van der Waals surface area contributed by atoms with Crippen LogP contribution in [0.4, 0.5) is 0 Å². The van der Waals surface area contributed by atoms with Gasteiger partial charge in [-0.25, -0.2) is 0 Å². The number of hydrogen-bond acceptors (Lipinski definition) is 3. The summed E-state index contributed by atoms with van der Waals surface area (Å²) >= 11 is 0. The normalized spacial score (nSPS) is 30.3. The molecule has 1 unspecified atom stereocenters. The second-order valence-corrected chi connectivity index (χ2v) is 5.65. The van der Waals surface area contributed by atoms with Gasteiger partial charge in [0.2, 0.25) is 0 Å². The lowest BCUT2D eigenvalue weighted by Crippen LogP contribution is -2.32. The van der Waals surface area contributed by atoms with Gasteiger partial charge in [-0.3, -0.25) is 0 Å². The zero-order valence-corrected chi connectivity index (χ0v) is 11.3. The quantitative estimate of drug-likeness (QED) is 0.658. The Bertz CT molecular complexity index is 279. The van der Waals surface area contributed by atoms with E-state index in [1.807, 2.05) is 0 Å². The summed E-state index contributed by atoms with van der Waals surface area (Å²) in [6, 6.07) is 2.45. The molecule has 0 aromatic heterocycles. The second-order valence-electron chi connectivity index (χ2n) is 5.65. The number of nitriles is 1. The van der Waals surface area contributed by atoms with Crippen molar-refractivity contribution in [2.24, 2.45) is 5.92 Å². The Balaban J connectivity index is 1.95. The van der Waals surface area contributed by atoms with E-state index >= 15 is 0 Å². The van der Waals surface area contributed by atoms with Gasteiger partial charge in [0.25, 0.3) is 0 Å². The highest BCUT2D eigenvalue weighted by Crippen LogP contribution is 2.34. The molecule has 1 saturated carbocycles. The van der Waals surface area contributed by atoms with E-state index in [-0.39, 0.29) is 5.92 Å². The van der Waals surface area contributed by atoms with Crippen LogP contribution >= 0.6 is 0 Å². The Morgan fingerprint density at radius 1 is 0.889 bits per heavy atom. The van der Waals surface area contributed by atoms with Crippen LogP contribution in [0.5, 0.6) is 0 Å². The van der Waals surface area contributed by atoms with Gasteiger partial charge in [0.05, 0.1) is 25.2 Å². The van der Waals surface area contributed by atoms with E-state index in [1.165, 1.54) is 38.5 Å². The van der Waals surface area contributed by atoms with Crippen LogP contribution in [-0.4, -0.2) is 19.0 Å². The van der Waals surface area contributed by atoms with Gasteiger partial charge in [0.15, 0.2) is 5.79 Å². The van der Waals surface area contributed by atoms with Gasteiger partial charge in [-0.05, 0) is 12.8 Å². The van der Waals surface area contributed by atoms with Crippen LogP contribution in [0.2, 0.25) is 0 Å². The summed E-state index contributed by atoms with van der Waals surface area (Å²) in [5.74, 6) is -0.331. The van der Waals surface area contributed by atoms with Crippen molar-refractivity contribution in [3.8, 4) is 6.07 Å². The molecule has 0 amide bonds. The standard InChI is InChI=1S/C15H25NO2/c16-13-14-8-6-4-2-1-3-5-7-9-15(12-14)17-10-11-18-15/h14H,1-12H2. The molecule has 0 aromatic rings. The monoisotopic (exact) mass is 251 g/mol. The topological polar surface area (TPSA) is 42.2 Å². The maximum Gasteiger partial charge on any atom is 0.169 e. The Morgan fingerprint density at radius 2 is 1.50 bits per heavy atom. The van der Waals surface area contributed by atoms with Crippen LogP contribution in [-0.2, 0) is 9.47 Å². The van der Waals surface area contributed by atoms with Crippen molar-refractivity contribution < 1.29 is 9.47 Å². The SMILES string of the molecule is N#CC1CCCCCCCCCC2(C1)OCCO2. The highest BCUT2D eigenvalue weighted by molar-refractivity contribution is 4.89. The number of ether oxygens (including phenoxy) is 2. The molecule has 1 aliphatic carbocycles. The Hall–Kier alpha value is -0.590. The van der Waals surface area contributed by atoms with Crippen molar-refractivity contribution in [2.45, 2.75) is 70.0 Å². The fourth-order valence-electron chi connectivity index (χ4n) is 3.12. The van der Waals surface area contributed by atoms with Crippen LogP contribution in [0, 0.1) is 17.2 Å². The lowest BCUT2D eigenvalue weighted by molar-refractivity contribution is -0.173. The predicted molar refractivity (Wildman–Crippen MR) is 69.9 cm³/mol. The van der Waals surface area contributed by atoms with Crippen LogP contribution in [0.1, 0.15) is 64.2 Å². The highest BCUT2D eigenvalue weighted by Gasteiger charge is 2.38. The van der Waals surface area contributed by atoms with Crippen molar-refractivity contribution in [1.82, 2.24) is 0 Å². The molecule has 1 heterocycles. The van der Waals surface area contributed by atoms with Crippen molar-refractivity contribution in [3.63, 3.8) is 0 Å². The molecule has 3 heteroatoms. The third-order valence-corrected chi connectivity index (χ3v) is 4.16. The summed E-state index contributed by atoms with van der Waals surface area (Å²) in [7, 11) is 0. The summed E-state index contributed by atoms with van der Waals surface area (Å²) in [4.78, 5) is 0. The van der Waals surface area contributed by atoms with Gasteiger partial charge >= 0.3 is 0 Å². The molecule has 1 atom stereocenters. The number of nitrogens with zero attached hydrogens (tertiary/aromatic N) is 1. The van der Waals surface area contributed by atoms with Gasteiger partial charge in [0, 0.05) is 12.8 Å². The predicted octanol–water partition coefficient (Wildman–Crippen LogP) is 3.78. The maximum atomic E-state index is 9.28. The molecule has 1 aliphatic heterocycles. The second kappa shape index (κ2) is 7.11. The maximum absolute atomic E-state index is 9.28. The molecule has 1 spiro atoms. The van der Waals surface area contributed by atoms with Crippen LogP contribution in [0.15, 0.2) is 0 Å². The molecule has 0 N–H and O–H groups in total. The molecule has 0 radical (unpaired) electrons. The van der Waals surface area contributed by atoms with Gasteiger partial charge in [-0.1, -0.05) is 38.5 Å². The summed E-state index contributed by atoms with van der Waals surface area (Å²) in [6.07, 6.45) is 11.6. The lowest BCUT2D eigenvalue weighted by atomic mass is 9.90. The minimum atomic E-state index is -0.431. The molecule has 0 bridgehead atoms. The lowest BCUT2D eigenvalue weighted by Gasteiger charge is -2.29. The molecular weight excluding hydrogens is 226 g/mol. The van der Waals surface area contributed by atoms with E-state index in [1.54, 1.807) is 0 Å². The Labute approximate surface area is 110 Å². The fraction of sp³-hybridized carbons (Fsp3) is 0.933. The van der Waals surface area contributed by atoms with E-state index < -0.39 is 5.79 Å². The molecule has 2 fully saturated rings. The third-order valence-electron chi connectivity index (χ3n) is 4.16. The minimum absolute atomic E-state index is 0.0996. The first-order chi connectivity index (χ1) is 8.85. The van der Waals surface area contributed by atoms with E-state index in [4.69, 9.17) is 9.47 Å². The zero-order valence-electron chi connectivity index (χ0n) is 11.3. The van der Waals surface area contributed by atoms with E-state index in [9.17, 15) is 5.26 Å². The largest absolute Gasteiger partial charge is 0.347 e. The van der Waals surface area contributed by atoms with Crippen LogP contribution in [0.3, 0.4) is 0 Å². The van der Waals surface area contributed by atoms with E-state index in [2.05, 4.69) is 6.07 Å². The first-order valence-corrected chi connectivity index (χ1v) is 7.52. The molecule has 1 saturated heterocycles. The summed E-state index contributed by atoms with van der Waals surface area (Å²) in [6.45, 7) is 1.39. The van der Waals surface area contributed by atoms with E-state index in [0.717, 1.165) is 25.7 Å². The molecule has 18 heavy (non-hydrogen) atoms. The van der Waals surface area contributed by atoms with E-state index in [0.29, 0.717) is 13.2 Å². The molecule has 2 rings (SSSR count). The average molecular weight is 251 g/mol. The van der Waals surface area contributed by atoms with Crippen molar-refractivity contribution in [1.29, 1.82) is 5.26 Å². The third kappa shape index (κ3) is 3.96. The molecular formula is C15H25NO2. The van der Waals surface area contributed by atoms with Gasteiger partial charge in [-0.15, -0.1) is 0 Å².